The van der Waals surface area contributed by atoms with E-state index in [9.17, 15) is 15.2 Å². The molecule has 1 aromatic carbocycles. The standard InChI is InChI=1S/C13H21N3O3/c1-9(2)13(17)8-15-7-10-4-5-11(14-3)12(6-10)16(18)19/h4-6,9,13-15,17H,7-8H2,1-3H3. The van der Waals surface area contributed by atoms with E-state index in [1.165, 1.54) is 0 Å². The first kappa shape index (κ1) is 15.4. The Hall–Kier alpha value is -1.66. The molecule has 1 unspecified atom stereocenters. The van der Waals surface area contributed by atoms with Crippen molar-refractivity contribution in [3.63, 3.8) is 0 Å². The van der Waals surface area contributed by atoms with Gasteiger partial charge in [0, 0.05) is 26.2 Å². The molecule has 0 fully saturated rings. The van der Waals surface area contributed by atoms with Crippen LogP contribution in [0.25, 0.3) is 0 Å². The zero-order valence-corrected chi connectivity index (χ0v) is 11.5. The van der Waals surface area contributed by atoms with Crippen molar-refractivity contribution in [2.24, 2.45) is 5.92 Å². The average molecular weight is 267 g/mol. The van der Waals surface area contributed by atoms with E-state index in [0.29, 0.717) is 18.8 Å². The quantitative estimate of drug-likeness (QED) is 0.517. The van der Waals surface area contributed by atoms with Gasteiger partial charge < -0.3 is 15.7 Å². The minimum atomic E-state index is -0.411. The summed E-state index contributed by atoms with van der Waals surface area (Å²) in [6.45, 7) is 4.85. The van der Waals surface area contributed by atoms with Gasteiger partial charge in [-0.1, -0.05) is 19.9 Å². The zero-order chi connectivity index (χ0) is 14.4. The van der Waals surface area contributed by atoms with Gasteiger partial charge in [-0.25, -0.2) is 0 Å². The van der Waals surface area contributed by atoms with Crippen LogP contribution < -0.4 is 10.6 Å². The maximum atomic E-state index is 10.9. The Balaban J connectivity index is 2.65. The minimum absolute atomic E-state index is 0.0613. The highest BCUT2D eigenvalue weighted by Crippen LogP contribution is 2.24. The Labute approximate surface area is 113 Å². The van der Waals surface area contributed by atoms with Crippen molar-refractivity contribution in [3.05, 3.63) is 33.9 Å². The number of aliphatic hydroxyl groups is 1. The van der Waals surface area contributed by atoms with Gasteiger partial charge in [0.2, 0.25) is 0 Å². The fourth-order valence-corrected chi connectivity index (χ4v) is 1.65. The van der Waals surface area contributed by atoms with Crippen LogP contribution in [0.15, 0.2) is 18.2 Å². The topological polar surface area (TPSA) is 87.4 Å². The lowest BCUT2D eigenvalue weighted by atomic mass is 10.1. The van der Waals surface area contributed by atoms with Crippen LogP contribution in [0.3, 0.4) is 0 Å². The Bertz CT molecular complexity index is 435. The third kappa shape index (κ3) is 4.50. The fourth-order valence-electron chi connectivity index (χ4n) is 1.65. The van der Waals surface area contributed by atoms with E-state index in [0.717, 1.165) is 5.56 Å². The number of nitrogens with zero attached hydrogens (tertiary/aromatic N) is 1. The molecule has 0 aliphatic heterocycles. The van der Waals surface area contributed by atoms with Crippen LogP contribution in [-0.4, -0.2) is 29.7 Å². The summed E-state index contributed by atoms with van der Waals surface area (Å²) in [4.78, 5) is 10.5. The van der Waals surface area contributed by atoms with E-state index in [1.54, 1.807) is 19.2 Å². The molecule has 1 atom stereocenters. The first-order chi connectivity index (χ1) is 8.95. The lowest BCUT2D eigenvalue weighted by Gasteiger charge is -2.15. The third-order valence-electron chi connectivity index (χ3n) is 2.98. The molecule has 0 aromatic heterocycles. The molecular weight excluding hydrogens is 246 g/mol. The van der Waals surface area contributed by atoms with E-state index in [2.05, 4.69) is 10.6 Å². The molecule has 19 heavy (non-hydrogen) atoms. The Kier molecular flexibility index (Phi) is 5.72. The number of benzene rings is 1. The molecule has 0 saturated carbocycles. The molecule has 1 aromatic rings. The normalized spacial score (nSPS) is 12.5. The van der Waals surface area contributed by atoms with Crippen molar-refractivity contribution in [3.8, 4) is 0 Å². The van der Waals surface area contributed by atoms with Gasteiger partial charge in [0.1, 0.15) is 5.69 Å². The number of aliphatic hydroxyl groups excluding tert-OH is 1. The molecule has 106 valence electrons. The zero-order valence-electron chi connectivity index (χ0n) is 11.5. The molecule has 0 bridgehead atoms. The molecule has 0 aliphatic carbocycles. The first-order valence-corrected chi connectivity index (χ1v) is 6.29. The van der Waals surface area contributed by atoms with Crippen LogP contribution in [-0.2, 0) is 6.54 Å². The number of nitrogens with one attached hydrogen (secondary N) is 2. The summed E-state index contributed by atoms with van der Waals surface area (Å²) in [5.41, 5.74) is 1.38. The summed E-state index contributed by atoms with van der Waals surface area (Å²) in [7, 11) is 1.65. The lowest BCUT2D eigenvalue weighted by molar-refractivity contribution is -0.384. The van der Waals surface area contributed by atoms with E-state index in [4.69, 9.17) is 0 Å². The van der Waals surface area contributed by atoms with Crippen molar-refractivity contribution in [1.29, 1.82) is 0 Å². The molecule has 6 heteroatoms. The summed E-state index contributed by atoms with van der Waals surface area (Å²) < 4.78 is 0. The van der Waals surface area contributed by atoms with Gasteiger partial charge in [-0.15, -0.1) is 0 Å². The van der Waals surface area contributed by atoms with Crippen LogP contribution >= 0.6 is 0 Å². The van der Waals surface area contributed by atoms with E-state index in [-0.39, 0.29) is 11.6 Å². The second-order valence-electron chi connectivity index (χ2n) is 4.80. The highest BCUT2D eigenvalue weighted by atomic mass is 16.6. The van der Waals surface area contributed by atoms with Gasteiger partial charge in [0.05, 0.1) is 11.0 Å². The largest absolute Gasteiger partial charge is 0.392 e. The van der Waals surface area contributed by atoms with Gasteiger partial charge in [-0.2, -0.15) is 0 Å². The van der Waals surface area contributed by atoms with Gasteiger partial charge in [0.25, 0.3) is 5.69 Å². The monoisotopic (exact) mass is 267 g/mol. The molecule has 1 rings (SSSR count). The van der Waals surface area contributed by atoms with E-state index < -0.39 is 11.0 Å². The lowest BCUT2D eigenvalue weighted by Crippen LogP contribution is -2.30. The third-order valence-corrected chi connectivity index (χ3v) is 2.98. The number of hydrogen-bond acceptors (Lipinski definition) is 5. The maximum Gasteiger partial charge on any atom is 0.292 e. The number of nitro groups is 1. The van der Waals surface area contributed by atoms with Gasteiger partial charge >= 0.3 is 0 Å². The molecule has 0 amide bonds. The Morgan fingerprint density at radius 1 is 1.42 bits per heavy atom. The summed E-state index contributed by atoms with van der Waals surface area (Å²) in [6.07, 6.45) is -0.411. The molecular formula is C13H21N3O3. The van der Waals surface area contributed by atoms with Crippen LogP contribution in [0, 0.1) is 16.0 Å². The Morgan fingerprint density at radius 3 is 2.63 bits per heavy atom. The molecule has 6 nitrogen and oxygen atoms in total. The summed E-state index contributed by atoms with van der Waals surface area (Å²) >= 11 is 0. The summed E-state index contributed by atoms with van der Waals surface area (Å²) in [6, 6.07) is 5.06. The van der Waals surface area contributed by atoms with Crippen molar-refractivity contribution in [2.45, 2.75) is 26.5 Å². The summed E-state index contributed by atoms with van der Waals surface area (Å²) in [5.74, 6) is 0.188. The average Bonchev–Trinajstić information content (AvgIpc) is 2.38. The highest BCUT2D eigenvalue weighted by Gasteiger charge is 2.13. The minimum Gasteiger partial charge on any atom is -0.392 e. The van der Waals surface area contributed by atoms with Crippen molar-refractivity contribution >= 4 is 11.4 Å². The highest BCUT2D eigenvalue weighted by molar-refractivity contribution is 5.62. The second-order valence-corrected chi connectivity index (χ2v) is 4.80. The smallest absolute Gasteiger partial charge is 0.292 e. The summed E-state index contributed by atoms with van der Waals surface area (Å²) in [5, 5.41) is 26.4. The Morgan fingerprint density at radius 2 is 2.11 bits per heavy atom. The van der Waals surface area contributed by atoms with E-state index >= 15 is 0 Å². The van der Waals surface area contributed by atoms with Crippen LogP contribution in [0.2, 0.25) is 0 Å². The predicted octanol–water partition coefficient (Wildman–Crippen LogP) is 1.74. The molecule has 0 aliphatic rings. The molecule has 0 saturated heterocycles. The number of rotatable bonds is 7. The SMILES string of the molecule is CNc1ccc(CNCC(O)C(C)C)cc1[N+](=O)[O-]. The van der Waals surface area contributed by atoms with Crippen LogP contribution in [0.4, 0.5) is 11.4 Å². The second kappa shape index (κ2) is 7.06. The van der Waals surface area contributed by atoms with Gasteiger partial charge in [-0.05, 0) is 17.5 Å². The van der Waals surface area contributed by atoms with Crippen molar-refractivity contribution < 1.29 is 10.0 Å². The van der Waals surface area contributed by atoms with Gasteiger partial charge in [0.15, 0.2) is 0 Å². The number of nitro benzene ring substituents is 1. The number of hydrogen-bond donors (Lipinski definition) is 3. The fraction of sp³-hybridized carbons (Fsp3) is 0.538. The molecule has 0 spiro atoms. The first-order valence-electron chi connectivity index (χ1n) is 6.29. The maximum absolute atomic E-state index is 10.9. The van der Waals surface area contributed by atoms with Crippen molar-refractivity contribution in [1.82, 2.24) is 5.32 Å². The van der Waals surface area contributed by atoms with Crippen LogP contribution in [0.5, 0.6) is 0 Å². The van der Waals surface area contributed by atoms with Crippen LogP contribution in [0.1, 0.15) is 19.4 Å². The number of anilines is 1. The molecule has 3 N–H and O–H groups in total. The molecule has 0 heterocycles. The van der Waals surface area contributed by atoms with E-state index in [1.807, 2.05) is 19.9 Å². The molecule has 0 radical (unpaired) electrons. The van der Waals surface area contributed by atoms with Gasteiger partial charge in [-0.3, -0.25) is 10.1 Å². The van der Waals surface area contributed by atoms with Crippen molar-refractivity contribution in [2.75, 3.05) is 18.9 Å². The predicted molar refractivity (Wildman–Crippen MR) is 75.2 cm³/mol.